The number of hydrogen-bond donors (Lipinski definition) is 1. The minimum atomic E-state index is -0.220. The molecule has 7 heteroatoms. The van der Waals surface area contributed by atoms with Crippen LogP contribution in [0.3, 0.4) is 0 Å². The standard InChI is InChI=1S/C10H5BrCl2N2OS/c11-8-9(16)14-4-15-10(8)17-5-1-2-6(12)7(13)3-5/h1-4H,(H,14,15,16). The Morgan fingerprint density at radius 3 is 2.76 bits per heavy atom. The summed E-state index contributed by atoms with van der Waals surface area (Å²) >= 11 is 16.2. The van der Waals surface area contributed by atoms with Gasteiger partial charge in [-0.1, -0.05) is 35.0 Å². The van der Waals surface area contributed by atoms with Crippen molar-refractivity contribution in [3.63, 3.8) is 0 Å². The summed E-state index contributed by atoms with van der Waals surface area (Å²) in [5.41, 5.74) is -0.220. The molecule has 0 atom stereocenters. The summed E-state index contributed by atoms with van der Waals surface area (Å²) in [6.45, 7) is 0. The fourth-order valence-electron chi connectivity index (χ4n) is 1.09. The van der Waals surface area contributed by atoms with Gasteiger partial charge in [-0.25, -0.2) is 4.98 Å². The quantitative estimate of drug-likeness (QED) is 0.832. The van der Waals surface area contributed by atoms with Crippen molar-refractivity contribution in [1.82, 2.24) is 9.97 Å². The lowest BCUT2D eigenvalue weighted by molar-refractivity contribution is 0.990. The molecule has 17 heavy (non-hydrogen) atoms. The van der Waals surface area contributed by atoms with Gasteiger partial charge >= 0.3 is 0 Å². The molecule has 0 aliphatic carbocycles. The van der Waals surface area contributed by atoms with Gasteiger partial charge in [0.25, 0.3) is 5.56 Å². The minimum absolute atomic E-state index is 0.220. The summed E-state index contributed by atoms with van der Waals surface area (Å²) in [6.07, 6.45) is 1.35. The van der Waals surface area contributed by atoms with Gasteiger partial charge in [0, 0.05) is 4.90 Å². The molecule has 0 aliphatic rings. The van der Waals surface area contributed by atoms with Crippen molar-refractivity contribution in [3.8, 4) is 0 Å². The smallest absolute Gasteiger partial charge is 0.266 e. The summed E-state index contributed by atoms with van der Waals surface area (Å²) in [4.78, 5) is 18.8. The molecule has 0 unspecified atom stereocenters. The largest absolute Gasteiger partial charge is 0.312 e. The summed E-state index contributed by atoms with van der Waals surface area (Å²) in [7, 11) is 0. The SMILES string of the molecule is O=c1[nH]cnc(Sc2ccc(Cl)c(Cl)c2)c1Br. The number of nitrogens with zero attached hydrogens (tertiary/aromatic N) is 1. The van der Waals surface area contributed by atoms with E-state index in [-0.39, 0.29) is 5.56 Å². The Morgan fingerprint density at radius 2 is 2.06 bits per heavy atom. The maximum atomic E-state index is 11.3. The van der Waals surface area contributed by atoms with E-state index in [1.54, 1.807) is 12.1 Å². The molecule has 0 radical (unpaired) electrons. The number of rotatable bonds is 2. The molecule has 0 saturated carbocycles. The van der Waals surface area contributed by atoms with Crippen LogP contribution in [-0.2, 0) is 0 Å². The van der Waals surface area contributed by atoms with Gasteiger partial charge in [0.1, 0.15) is 9.50 Å². The molecular formula is C10H5BrCl2N2OS. The van der Waals surface area contributed by atoms with E-state index in [1.807, 2.05) is 6.07 Å². The maximum Gasteiger partial charge on any atom is 0.266 e. The fourth-order valence-corrected chi connectivity index (χ4v) is 2.74. The van der Waals surface area contributed by atoms with Crippen LogP contribution in [0.15, 0.2) is 43.7 Å². The maximum absolute atomic E-state index is 11.3. The summed E-state index contributed by atoms with van der Waals surface area (Å²) < 4.78 is 0.399. The molecular weight excluding hydrogens is 347 g/mol. The second kappa shape index (κ2) is 5.44. The number of aromatic amines is 1. The highest BCUT2D eigenvalue weighted by atomic mass is 79.9. The Bertz CT molecular complexity index is 617. The second-order valence-electron chi connectivity index (χ2n) is 3.03. The van der Waals surface area contributed by atoms with E-state index >= 15 is 0 Å². The first-order chi connectivity index (χ1) is 8.08. The van der Waals surface area contributed by atoms with E-state index < -0.39 is 0 Å². The Labute approximate surface area is 120 Å². The average Bonchev–Trinajstić information content (AvgIpc) is 2.30. The lowest BCUT2D eigenvalue weighted by Gasteiger charge is -2.03. The molecule has 1 N–H and O–H groups in total. The van der Waals surface area contributed by atoms with E-state index in [4.69, 9.17) is 23.2 Å². The Balaban J connectivity index is 2.35. The number of halogens is 3. The summed E-state index contributed by atoms with van der Waals surface area (Å²) in [6, 6.07) is 5.24. The number of hydrogen-bond acceptors (Lipinski definition) is 3. The van der Waals surface area contributed by atoms with Crippen molar-refractivity contribution in [2.45, 2.75) is 9.92 Å². The predicted molar refractivity (Wildman–Crippen MR) is 73.1 cm³/mol. The molecule has 0 saturated heterocycles. The van der Waals surface area contributed by atoms with E-state index in [1.165, 1.54) is 18.1 Å². The highest BCUT2D eigenvalue weighted by Crippen LogP contribution is 2.33. The lowest BCUT2D eigenvalue weighted by Crippen LogP contribution is -2.07. The third kappa shape index (κ3) is 3.04. The van der Waals surface area contributed by atoms with Crippen molar-refractivity contribution in [2.24, 2.45) is 0 Å². The Morgan fingerprint density at radius 1 is 1.29 bits per heavy atom. The van der Waals surface area contributed by atoms with Crippen LogP contribution >= 0.6 is 50.9 Å². The first-order valence-corrected chi connectivity index (χ1v) is 6.80. The van der Waals surface area contributed by atoms with E-state index in [2.05, 4.69) is 25.9 Å². The second-order valence-corrected chi connectivity index (χ2v) is 5.70. The van der Waals surface area contributed by atoms with Crippen LogP contribution in [0, 0.1) is 0 Å². The molecule has 1 heterocycles. The molecule has 0 spiro atoms. The zero-order valence-corrected chi connectivity index (χ0v) is 12.1. The van der Waals surface area contributed by atoms with Gasteiger partial charge < -0.3 is 4.98 Å². The Kier molecular flexibility index (Phi) is 4.14. The predicted octanol–water partition coefficient (Wildman–Crippen LogP) is 3.99. The van der Waals surface area contributed by atoms with Crippen LogP contribution in [0.25, 0.3) is 0 Å². The van der Waals surface area contributed by atoms with Gasteiger partial charge in [-0.05, 0) is 34.1 Å². The van der Waals surface area contributed by atoms with E-state index in [0.717, 1.165) is 4.90 Å². The first kappa shape index (κ1) is 13.0. The van der Waals surface area contributed by atoms with Crippen LogP contribution in [-0.4, -0.2) is 9.97 Å². The monoisotopic (exact) mass is 350 g/mol. The van der Waals surface area contributed by atoms with Gasteiger partial charge in [0.05, 0.1) is 16.4 Å². The lowest BCUT2D eigenvalue weighted by atomic mass is 10.4. The van der Waals surface area contributed by atoms with Crippen LogP contribution in [0.5, 0.6) is 0 Å². The van der Waals surface area contributed by atoms with Gasteiger partial charge in [0.15, 0.2) is 0 Å². The minimum Gasteiger partial charge on any atom is -0.312 e. The molecule has 1 aromatic carbocycles. The van der Waals surface area contributed by atoms with Crippen molar-refractivity contribution < 1.29 is 0 Å². The van der Waals surface area contributed by atoms with Crippen molar-refractivity contribution >= 4 is 50.9 Å². The Hall–Kier alpha value is -0.490. The molecule has 0 bridgehead atoms. The first-order valence-electron chi connectivity index (χ1n) is 4.44. The van der Waals surface area contributed by atoms with Crippen LogP contribution < -0.4 is 5.56 Å². The van der Waals surface area contributed by atoms with Gasteiger partial charge in [-0.3, -0.25) is 4.79 Å². The van der Waals surface area contributed by atoms with Crippen molar-refractivity contribution in [2.75, 3.05) is 0 Å². The molecule has 3 nitrogen and oxygen atoms in total. The van der Waals surface area contributed by atoms with Crippen LogP contribution in [0.1, 0.15) is 0 Å². The van der Waals surface area contributed by atoms with Gasteiger partial charge in [0.2, 0.25) is 0 Å². The van der Waals surface area contributed by atoms with Crippen molar-refractivity contribution in [3.05, 3.63) is 49.4 Å². The van der Waals surface area contributed by atoms with E-state index in [0.29, 0.717) is 19.5 Å². The van der Waals surface area contributed by atoms with Gasteiger partial charge in [-0.2, -0.15) is 0 Å². The highest BCUT2D eigenvalue weighted by molar-refractivity contribution is 9.10. The average molecular weight is 352 g/mol. The molecule has 1 aromatic heterocycles. The molecule has 0 aliphatic heterocycles. The molecule has 2 rings (SSSR count). The van der Waals surface area contributed by atoms with Crippen molar-refractivity contribution in [1.29, 1.82) is 0 Å². The normalized spacial score (nSPS) is 10.5. The number of aromatic nitrogens is 2. The zero-order chi connectivity index (χ0) is 12.4. The number of H-pyrrole nitrogens is 1. The van der Waals surface area contributed by atoms with E-state index in [9.17, 15) is 4.79 Å². The molecule has 0 amide bonds. The number of nitrogens with one attached hydrogen (secondary N) is 1. The molecule has 88 valence electrons. The molecule has 2 aromatic rings. The topological polar surface area (TPSA) is 45.8 Å². The van der Waals surface area contributed by atoms with Crippen LogP contribution in [0.4, 0.5) is 0 Å². The number of benzene rings is 1. The summed E-state index contributed by atoms with van der Waals surface area (Å²) in [5.74, 6) is 0. The zero-order valence-electron chi connectivity index (χ0n) is 8.21. The van der Waals surface area contributed by atoms with Gasteiger partial charge in [-0.15, -0.1) is 0 Å². The molecule has 0 fully saturated rings. The summed E-state index contributed by atoms with van der Waals surface area (Å²) in [5, 5.41) is 1.54. The highest BCUT2D eigenvalue weighted by Gasteiger charge is 2.08. The third-order valence-electron chi connectivity index (χ3n) is 1.87. The fraction of sp³-hybridized carbons (Fsp3) is 0. The van der Waals surface area contributed by atoms with Crippen LogP contribution in [0.2, 0.25) is 10.0 Å². The third-order valence-corrected chi connectivity index (χ3v) is 4.60.